The van der Waals surface area contributed by atoms with E-state index in [-0.39, 0.29) is 0 Å². The molecule has 0 bridgehead atoms. The second-order valence-electron chi connectivity index (χ2n) is 5.04. The number of carboxylic acid groups (broad SMARTS) is 2. The highest BCUT2D eigenvalue weighted by atomic mass is 32.2. The van der Waals surface area contributed by atoms with Gasteiger partial charge in [0.15, 0.2) is 0 Å². The number of benzene rings is 2. The SMILES string of the molecule is O=C(O)c1cc(NS(=O)(=O)c2cccc(C(F)(F)F)c2)cc(C(=O)O)c1. The van der Waals surface area contributed by atoms with Gasteiger partial charge in [-0.3, -0.25) is 4.72 Å². The summed E-state index contributed by atoms with van der Waals surface area (Å²) in [4.78, 5) is 21.3. The minimum Gasteiger partial charge on any atom is -0.478 e. The number of nitrogens with one attached hydrogen (secondary N) is 1. The molecule has 0 amide bonds. The Morgan fingerprint density at radius 3 is 1.92 bits per heavy atom. The first-order valence-electron chi connectivity index (χ1n) is 6.72. The number of alkyl halides is 3. The molecule has 7 nitrogen and oxygen atoms in total. The summed E-state index contributed by atoms with van der Waals surface area (Å²) < 4.78 is 64.6. The Kier molecular flexibility index (Phi) is 4.94. The van der Waals surface area contributed by atoms with Gasteiger partial charge in [-0.15, -0.1) is 0 Å². The fourth-order valence-electron chi connectivity index (χ4n) is 1.99. The van der Waals surface area contributed by atoms with Crippen LogP contribution < -0.4 is 4.72 Å². The second-order valence-corrected chi connectivity index (χ2v) is 6.72. The van der Waals surface area contributed by atoms with Gasteiger partial charge >= 0.3 is 18.1 Å². The van der Waals surface area contributed by atoms with Crippen LogP contribution in [0.5, 0.6) is 0 Å². The molecule has 0 aromatic heterocycles. The summed E-state index contributed by atoms with van der Waals surface area (Å²) in [6.07, 6.45) is -4.76. The minimum atomic E-state index is -4.76. The number of aromatic carboxylic acids is 2. The van der Waals surface area contributed by atoms with Crippen LogP contribution in [0.15, 0.2) is 47.4 Å². The third-order valence-corrected chi connectivity index (χ3v) is 4.53. The van der Waals surface area contributed by atoms with E-state index in [1.165, 1.54) is 0 Å². The molecule has 0 heterocycles. The number of hydrogen-bond acceptors (Lipinski definition) is 4. The average Bonchev–Trinajstić information content (AvgIpc) is 2.53. The van der Waals surface area contributed by atoms with Crippen LogP contribution in [0.25, 0.3) is 0 Å². The fourth-order valence-corrected chi connectivity index (χ4v) is 3.07. The highest BCUT2D eigenvalue weighted by Crippen LogP contribution is 2.31. The van der Waals surface area contributed by atoms with Crippen LogP contribution in [-0.4, -0.2) is 30.6 Å². The molecule has 2 aromatic carbocycles. The molecule has 2 aromatic rings. The van der Waals surface area contributed by atoms with Crippen molar-refractivity contribution < 1.29 is 41.4 Å². The molecule has 2 rings (SSSR count). The van der Waals surface area contributed by atoms with Crippen molar-refractivity contribution in [2.45, 2.75) is 11.1 Å². The second kappa shape index (κ2) is 6.67. The zero-order valence-electron chi connectivity index (χ0n) is 12.6. The molecule has 11 heteroatoms. The Bertz CT molecular complexity index is 953. The molecular formula is C15H10F3NO6S. The van der Waals surface area contributed by atoms with Crippen LogP contribution in [0.2, 0.25) is 0 Å². The van der Waals surface area contributed by atoms with Crippen LogP contribution in [0.4, 0.5) is 18.9 Å². The predicted octanol–water partition coefficient (Wildman–Crippen LogP) is 2.90. The van der Waals surface area contributed by atoms with Crippen molar-refractivity contribution in [2.24, 2.45) is 0 Å². The summed E-state index contributed by atoms with van der Waals surface area (Å²) in [5.41, 5.74) is -2.62. The Balaban J connectivity index is 2.47. The van der Waals surface area contributed by atoms with Gasteiger partial charge in [0, 0.05) is 0 Å². The molecule has 0 saturated carbocycles. The third-order valence-electron chi connectivity index (χ3n) is 3.15. The zero-order valence-corrected chi connectivity index (χ0v) is 13.4. The van der Waals surface area contributed by atoms with E-state index in [2.05, 4.69) is 0 Å². The van der Waals surface area contributed by atoms with Crippen molar-refractivity contribution in [3.63, 3.8) is 0 Å². The van der Waals surface area contributed by atoms with E-state index < -0.39 is 55.4 Å². The topological polar surface area (TPSA) is 121 Å². The highest BCUT2D eigenvalue weighted by Gasteiger charge is 2.31. The van der Waals surface area contributed by atoms with E-state index >= 15 is 0 Å². The van der Waals surface area contributed by atoms with Crippen LogP contribution in [0, 0.1) is 0 Å². The summed E-state index contributed by atoms with van der Waals surface area (Å²) in [5.74, 6) is -3.01. The molecule has 0 aliphatic rings. The number of sulfonamides is 1. The summed E-state index contributed by atoms with van der Waals surface area (Å²) in [6, 6.07) is 5.41. The Morgan fingerprint density at radius 2 is 1.46 bits per heavy atom. The van der Waals surface area contributed by atoms with Gasteiger partial charge in [-0.25, -0.2) is 18.0 Å². The van der Waals surface area contributed by atoms with E-state index in [9.17, 15) is 31.2 Å². The van der Waals surface area contributed by atoms with Crippen LogP contribution in [0.3, 0.4) is 0 Å². The van der Waals surface area contributed by atoms with Gasteiger partial charge in [-0.1, -0.05) is 6.07 Å². The number of carboxylic acids is 2. The summed E-state index contributed by atoms with van der Waals surface area (Å²) in [6.45, 7) is 0. The van der Waals surface area contributed by atoms with Crippen molar-refractivity contribution in [1.82, 2.24) is 0 Å². The molecular weight excluding hydrogens is 379 g/mol. The number of hydrogen-bond donors (Lipinski definition) is 3. The van der Waals surface area contributed by atoms with E-state index in [0.29, 0.717) is 12.1 Å². The molecule has 0 aliphatic carbocycles. The third kappa shape index (κ3) is 4.30. The van der Waals surface area contributed by atoms with Crippen LogP contribution in [-0.2, 0) is 16.2 Å². The first-order valence-corrected chi connectivity index (χ1v) is 8.20. The molecule has 0 fully saturated rings. The van der Waals surface area contributed by atoms with Gasteiger partial charge in [-0.05, 0) is 36.4 Å². The summed E-state index contributed by atoms with van der Waals surface area (Å²) >= 11 is 0. The standard InChI is InChI=1S/C15H10F3NO6S/c16-15(17,18)10-2-1-3-12(7-10)26(24,25)19-11-5-8(13(20)21)4-9(6-11)14(22)23/h1-7,19H,(H,20,21)(H,22,23). The molecule has 0 radical (unpaired) electrons. The van der Waals surface area contributed by atoms with Gasteiger partial charge in [0.05, 0.1) is 27.3 Å². The van der Waals surface area contributed by atoms with Gasteiger partial charge in [-0.2, -0.15) is 13.2 Å². The quantitative estimate of drug-likeness (QED) is 0.723. The smallest absolute Gasteiger partial charge is 0.416 e. The lowest BCUT2D eigenvalue weighted by Gasteiger charge is -2.12. The fraction of sp³-hybridized carbons (Fsp3) is 0.0667. The van der Waals surface area contributed by atoms with Crippen molar-refractivity contribution in [2.75, 3.05) is 4.72 Å². The van der Waals surface area contributed by atoms with Gasteiger partial charge < -0.3 is 10.2 Å². The number of rotatable bonds is 5. The summed E-state index contributed by atoms with van der Waals surface area (Å²) in [5, 5.41) is 17.9. The molecule has 3 N–H and O–H groups in total. The lowest BCUT2D eigenvalue weighted by Crippen LogP contribution is -2.15. The molecule has 0 spiro atoms. The Labute approximate surface area is 144 Å². The largest absolute Gasteiger partial charge is 0.478 e. The molecule has 26 heavy (non-hydrogen) atoms. The van der Waals surface area contributed by atoms with E-state index in [4.69, 9.17) is 10.2 Å². The molecule has 138 valence electrons. The van der Waals surface area contributed by atoms with Crippen LogP contribution in [0.1, 0.15) is 26.3 Å². The predicted molar refractivity (Wildman–Crippen MR) is 82.6 cm³/mol. The van der Waals surface area contributed by atoms with Gasteiger partial charge in [0.1, 0.15) is 0 Å². The van der Waals surface area contributed by atoms with E-state index in [1.54, 1.807) is 0 Å². The molecule has 0 unspecified atom stereocenters. The lowest BCUT2D eigenvalue weighted by molar-refractivity contribution is -0.137. The number of carbonyl (C=O) groups is 2. The molecule has 0 aliphatic heterocycles. The monoisotopic (exact) mass is 389 g/mol. The van der Waals surface area contributed by atoms with Crippen molar-refractivity contribution >= 4 is 27.6 Å². The van der Waals surface area contributed by atoms with Crippen molar-refractivity contribution in [1.29, 1.82) is 0 Å². The Morgan fingerprint density at radius 1 is 0.923 bits per heavy atom. The first kappa shape index (κ1) is 19.2. The number of anilines is 1. The molecule has 0 saturated heterocycles. The maximum Gasteiger partial charge on any atom is 0.416 e. The first-order chi connectivity index (χ1) is 11.9. The maximum absolute atomic E-state index is 12.7. The lowest BCUT2D eigenvalue weighted by atomic mass is 10.1. The van der Waals surface area contributed by atoms with Crippen molar-refractivity contribution in [3.8, 4) is 0 Å². The van der Waals surface area contributed by atoms with Gasteiger partial charge in [0.25, 0.3) is 10.0 Å². The maximum atomic E-state index is 12.7. The Hall–Kier alpha value is -3.08. The normalized spacial score (nSPS) is 11.8. The summed E-state index contributed by atoms with van der Waals surface area (Å²) in [7, 11) is -4.52. The molecule has 0 atom stereocenters. The number of halogens is 3. The van der Waals surface area contributed by atoms with E-state index in [0.717, 1.165) is 30.3 Å². The average molecular weight is 389 g/mol. The highest BCUT2D eigenvalue weighted by molar-refractivity contribution is 7.92. The zero-order chi connectivity index (χ0) is 19.7. The van der Waals surface area contributed by atoms with E-state index in [1.807, 2.05) is 4.72 Å². The minimum absolute atomic E-state index is 0.404. The van der Waals surface area contributed by atoms with Crippen molar-refractivity contribution in [3.05, 3.63) is 59.2 Å². The van der Waals surface area contributed by atoms with Gasteiger partial charge in [0.2, 0.25) is 0 Å². The van der Waals surface area contributed by atoms with Crippen LogP contribution >= 0.6 is 0 Å².